The van der Waals surface area contributed by atoms with Crippen LogP contribution in [0.1, 0.15) is 21.8 Å². The van der Waals surface area contributed by atoms with Crippen molar-refractivity contribution in [2.24, 2.45) is 0 Å². The molecule has 1 aliphatic heterocycles. The number of quaternary nitrogens is 1. The van der Waals surface area contributed by atoms with Gasteiger partial charge in [-0.15, -0.1) is 11.3 Å². The van der Waals surface area contributed by atoms with Gasteiger partial charge < -0.3 is 14.4 Å². The van der Waals surface area contributed by atoms with Gasteiger partial charge in [0, 0.05) is 4.88 Å². The van der Waals surface area contributed by atoms with Crippen LogP contribution >= 0.6 is 11.3 Å². The number of ether oxygens (including phenoxy) is 2. The summed E-state index contributed by atoms with van der Waals surface area (Å²) in [5, 5.41) is 9.82. The molecule has 1 saturated heterocycles. The van der Waals surface area contributed by atoms with Gasteiger partial charge in [0.25, 0.3) is 0 Å². The van der Waals surface area contributed by atoms with Gasteiger partial charge in [-0.1, -0.05) is 12.1 Å². The third-order valence-electron chi connectivity index (χ3n) is 5.07. The molecule has 0 radical (unpaired) electrons. The number of rotatable bonds is 5. The summed E-state index contributed by atoms with van der Waals surface area (Å²) in [6.45, 7) is 8.48. The van der Waals surface area contributed by atoms with Crippen molar-refractivity contribution < 1.29 is 14.4 Å². The van der Waals surface area contributed by atoms with E-state index in [0.717, 1.165) is 60.2 Å². The summed E-state index contributed by atoms with van der Waals surface area (Å²) in [6.07, 6.45) is 0.396. The summed E-state index contributed by atoms with van der Waals surface area (Å²) in [5.41, 5.74) is 2.14. The second-order valence-electron chi connectivity index (χ2n) is 7.03. The molecule has 0 atom stereocenters. The van der Waals surface area contributed by atoms with Gasteiger partial charge in [0.2, 0.25) is 5.88 Å². The highest BCUT2D eigenvalue weighted by atomic mass is 32.1. The molecule has 0 aliphatic carbocycles. The highest BCUT2D eigenvalue weighted by Crippen LogP contribution is 2.36. The van der Waals surface area contributed by atoms with Gasteiger partial charge in [-0.25, -0.2) is 4.98 Å². The van der Waals surface area contributed by atoms with Crippen LogP contribution in [0.15, 0.2) is 24.3 Å². The number of benzene rings is 1. The molecule has 0 spiro atoms. The number of thiophene rings is 1. The SMILES string of the molecule is Cc1sc2nc(C[NH+]3CCOCC3)nc(Oc3ccc(CC#N)cc3)c2c1C. The Morgan fingerprint density at radius 3 is 2.64 bits per heavy atom. The maximum Gasteiger partial charge on any atom is 0.231 e. The number of nitriles is 1. The summed E-state index contributed by atoms with van der Waals surface area (Å²) >= 11 is 1.69. The molecule has 0 bridgehead atoms. The predicted molar refractivity (Wildman–Crippen MR) is 108 cm³/mol. The van der Waals surface area contributed by atoms with Crippen LogP contribution in [0.25, 0.3) is 10.2 Å². The van der Waals surface area contributed by atoms with Crippen molar-refractivity contribution >= 4 is 21.6 Å². The first-order chi connectivity index (χ1) is 13.6. The van der Waals surface area contributed by atoms with Crippen LogP contribution in [-0.4, -0.2) is 36.3 Å². The highest BCUT2D eigenvalue weighted by Gasteiger charge is 2.20. The number of morpholine rings is 1. The zero-order valence-corrected chi connectivity index (χ0v) is 16.9. The summed E-state index contributed by atoms with van der Waals surface area (Å²) in [4.78, 5) is 13.2. The molecule has 3 aromatic rings. The van der Waals surface area contributed by atoms with Crippen LogP contribution in [0.5, 0.6) is 11.6 Å². The molecule has 0 saturated carbocycles. The van der Waals surface area contributed by atoms with E-state index in [2.05, 4.69) is 19.9 Å². The van der Waals surface area contributed by atoms with Gasteiger partial charge in [0.1, 0.15) is 30.2 Å². The van der Waals surface area contributed by atoms with E-state index in [0.29, 0.717) is 12.3 Å². The molecular formula is C21H23N4O2S+. The third-order valence-corrected chi connectivity index (χ3v) is 6.17. The van der Waals surface area contributed by atoms with Crippen molar-refractivity contribution in [3.63, 3.8) is 0 Å². The Balaban J connectivity index is 1.67. The number of hydrogen-bond acceptors (Lipinski definition) is 6. The Bertz CT molecular complexity index is 1020. The lowest BCUT2D eigenvalue weighted by molar-refractivity contribution is -0.922. The van der Waals surface area contributed by atoms with E-state index in [1.165, 1.54) is 15.3 Å². The fourth-order valence-corrected chi connectivity index (χ4v) is 4.39. The normalized spacial score (nSPS) is 14.9. The summed E-state index contributed by atoms with van der Waals surface area (Å²) < 4.78 is 11.6. The molecule has 0 amide bonds. The Morgan fingerprint density at radius 1 is 1.18 bits per heavy atom. The molecule has 3 heterocycles. The Kier molecular flexibility index (Phi) is 5.53. The lowest BCUT2D eigenvalue weighted by Crippen LogP contribution is -3.12. The molecule has 7 heteroatoms. The van der Waals surface area contributed by atoms with Crippen LogP contribution in [0.2, 0.25) is 0 Å². The molecule has 1 aromatic carbocycles. The summed E-state index contributed by atoms with van der Waals surface area (Å²) in [6, 6.07) is 9.78. The van der Waals surface area contributed by atoms with E-state index in [1.807, 2.05) is 24.3 Å². The van der Waals surface area contributed by atoms with E-state index in [1.54, 1.807) is 11.3 Å². The van der Waals surface area contributed by atoms with Crippen LogP contribution in [0.4, 0.5) is 0 Å². The van der Waals surface area contributed by atoms with Crippen LogP contribution in [-0.2, 0) is 17.7 Å². The molecule has 4 rings (SSSR count). The first-order valence-corrected chi connectivity index (χ1v) is 10.3. The third kappa shape index (κ3) is 3.99. The largest absolute Gasteiger partial charge is 0.438 e. The lowest BCUT2D eigenvalue weighted by Gasteiger charge is -2.23. The number of aromatic nitrogens is 2. The van der Waals surface area contributed by atoms with Crippen molar-refractivity contribution in [1.82, 2.24) is 9.97 Å². The molecule has 6 nitrogen and oxygen atoms in total. The number of fused-ring (bicyclic) bond motifs is 1. The Morgan fingerprint density at radius 2 is 1.93 bits per heavy atom. The fourth-order valence-electron chi connectivity index (χ4n) is 3.35. The quantitative estimate of drug-likeness (QED) is 0.719. The fraction of sp³-hybridized carbons (Fsp3) is 0.381. The standard InChI is InChI=1S/C21H22N4O2S/c1-14-15(2)28-21-19(14)20(27-17-5-3-16(4-6-17)7-8-22)23-18(24-21)13-25-9-11-26-12-10-25/h3-6H,7,9-13H2,1-2H3/p+1. The van der Waals surface area contributed by atoms with E-state index in [9.17, 15) is 0 Å². The minimum absolute atomic E-state index is 0.396. The predicted octanol–water partition coefficient (Wildman–Crippen LogP) is 2.58. The van der Waals surface area contributed by atoms with E-state index in [-0.39, 0.29) is 0 Å². The molecular weight excluding hydrogens is 372 g/mol. The van der Waals surface area contributed by atoms with E-state index < -0.39 is 0 Å². The molecule has 1 aliphatic rings. The number of nitrogens with zero attached hydrogens (tertiary/aromatic N) is 3. The average molecular weight is 396 g/mol. The van der Waals surface area contributed by atoms with E-state index in [4.69, 9.17) is 24.7 Å². The molecule has 1 N–H and O–H groups in total. The molecule has 2 aromatic heterocycles. The zero-order valence-electron chi connectivity index (χ0n) is 16.1. The van der Waals surface area contributed by atoms with Crippen molar-refractivity contribution in [2.45, 2.75) is 26.8 Å². The van der Waals surface area contributed by atoms with Gasteiger partial charge in [0.05, 0.1) is 31.1 Å². The summed E-state index contributed by atoms with van der Waals surface area (Å²) in [7, 11) is 0. The number of hydrogen-bond donors (Lipinski definition) is 1. The number of aryl methyl sites for hydroxylation is 2. The first kappa shape index (κ1) is 18.8. The highest BCUT2D eigenvalue weighted by molar-refractivity contribution is 7.18. The Hall–Kier alpha value is -2.53. The Labute approximate surface area is 168 Å². The zero-order chi connectivity index (χ0) is 19.5. The van der Waals surface area contributed by atoms with Crippen LogP contribution in [0.3, 0.4) is 0 Å². The smallest absolute Gasteiger partial charge is 0.231 e. The van der Waals surface area contributed by atoms with E-state index >= 15 is 0 Å². The topological polar surface area (TPSA) is 72.5 Å². The average Bonchev–Trinajstić information content (AvgIpc) is 2.98. The van der Waals surface area contributed by atoms with Crippen molar-refractivity contribution in [3.8, 4) is 17.7 Å². The minimum Gasteiger partial charge on any atom is -0.438 e. The second-order valence-corrected chi connectivity index (χ2v) is 8.23. The van der Waals surface area contributed by atoms with Gasteiger partial charge in [0.15, 0.2) is 5.82 Å². The van der Waals surface area contributed by atoms with Crippen molar-refractivity contribution in [1.29, 1.82) is 5.26 Å². The van der Waals surface area contributed by atoms with Crippen molar-refractivity contribution in [3.05, 3.63) is 46.1 Å². The van der Waals surface area contributed by atoms with Crippen LogP contribution < -0.4 is 9.64 Å². The maximum atomic E-state index is 8.83. The van der Waals surface area contributed by atoms with Gasteiger partial charge in [-0.05, 0) is 37.1 Å². The summed E-state index contributed by atoms with van der Waals surface area (Å²) in [5.74, 6) is 2.14. The van der Waals surface area contributed by atoms with Crippen LogP contribution in [0, 0.1) is 25.2 Å². The number of nitrogens with one attached hydrogen (secondary N) is 1. The maximum absolute atomic E-state index is 8.83. The first-order valence-electron chi connectivity index (χ1n) is 9.45. The monoisotopic (exact) mass is 395 g/mol. The molecule has 0 unspecified atom stereocenters. The van der Waals surface area contributed by atoms with Crippen molar-refractivity contribution in [2.75, 3.05) is 26.3 Å². The van der Waals surface area contributed by atoms with Gasteiger partial charge in [-0.2, -0.15) is 10.2 Å². The van der Waals surface area contributed by atoms with Gasteiger partial charge >= 0.3 is 0 Å². The van der Waals surface area contributed by atoms with Gasteiger partial charge in [-0.3, -0.25) is 0 Å². The molecule has 28 heavy (non-hydrogen) atoms. The second kappa shape index (κ2) is 8.23. The lowest BCUT2D eigenvalue weighted by atomic mass is 10.1. The molecule has 1 fully saturated rings. The molecule has 144 valence electrons. The minimum atomic E-state index is 0.396.